The Bertz CT molecular complexity index is 492. The van der Waals surface area contributed by atoms with Crippen molar-refractivity contribution in [3.8, 4) is 0 Å². The summed E-state index contributed by atoms with van der Waals surface area (Å²) < 4.78 is 0. The maximum atomic E-state index is 12.0. The number of hydrogen-bond acceptors (Lipinski definition) is 3. The zero-order chi connectivity index (χ0) is 14.9. The number of carbonyl (C=O) groups excluding carboxylic acids is 2. The second-order valence-electron chi connectivity index (χ2n) is 5.13. The Morgan fingerprint density at radius 2 is 2.00 bits per heavy atom. The third-order valence-electron chi connectivity index (χ3n) is 3.48. The standard InChI is InChI=1S/C16H21N3O2/c20-15(8-7-14-6-5-9-17-12-14)18-13-16(21)19-10-3-1-2-4-11-19/h5-9,12H,1-4,10-11,13H2,(H,18,20)/b8-7+. The fraction of sp³-hybridized carbons (Fsp3) is 0.438. The predicted molar refractivity (Wildman–Crippen MR) is 81.3 cm³/mol. The predicted octanol–water partition coefficient (Wildman–Crippen LogP) is 1.61. The molecule has 1 fully saturated rings. The molecule has 112 valence electrons. The SMILES string of the molecule is O=C(/C=C/c1cccnc1)NCC(=O)N1CCCCCC1. The van der Waals surface area contributed by atoms with Crippen molar-refractivity contribution in [1.29, 1.82) is 0 Å². The third kappa shape index (κ3) is 5.38. The Balaban J connectivity index is 1.75. The number of hydrogen-bond donors (Lipinski definition) is 1. The van der Waals surface area contributed by atoms with Crippen molar-refractivity contribution >= 4 is 17.9 Å². The maximum absolute atomic E-state index is 12.0. The van der Waals surface area contributed by atoms with Crippen molar-refractivity contribution in [3.05, 3.63) is 36.2 Å². The lowest BCUT2D eigenvalue weighted by atomic mass is 10.2. The van der Waals surface area contributed by atoms with Gasteiger partial charge in [-0.1, -0.05) is 18.9 Å². The third-order valence-corrected chi connectivity index (χ3v) is 3.48. The van der Waals surface area contributed by atoms with Gasteiger partial charge in [0, 0.05) is 31.6 Å². The number of rotatable bonds is 4. The van der Waals surface area contributed by atoms with E-state index >= 15 is 0 Å². The van der Waals surface area contributed by atoms with Crippen LogP contribution in [0.2, 0.25) is 0 Å². The van der Waals surface area contributed by atoms with Crippen LogP contribution >= 0.6 is 0 Å². The quantitative estimate of drug-likeness (QED) is 0.856. The topological polar surface area (TPSA) is 62.3 Å². The first kappa shape index (κ1) is 15.2. The Morgan fingerprint density at radius 1 is 1.24 bits per heavy atom. The van der Waals surface area contributed by atoms with Gasteiger partial charge in [-0.3, -0.25) is 14.6 Å². The largest absolute Gasteiger partial charge is 0.343 e. The Kier molecular flexibility index (Phi) is 5.94. The highest BCUT2D eigenvalue weighted by Gasteiger charge is 2.15. The Hall–Kier alpha value is -2.17. The van der Waals surface area contributed by atoms with Crippen LogP contribution in [0.25, 0.3) is 6.08 Å². The summed E-state index contributed by atoms with van der Waals surface area (Å²) in [6.45, 7) is 1.68. The monoisotopic (exact) mass is 287 g/mol. The van der Waals surface area contributed by atoms with Crippen molar-refractivity contribution in [2.75, 3.05) is 19.6 Å². The van der Waals surface area contributed by atoms with E-state index in [1.807, 2.05) is 11.0 Å². The molecule has 1 saturated heterocycles. The summed E-state index contributed by atoms with van der Waals surface area (Å²) in [5, 5.41) is 2.63. The van der Waals surface area contributed by atoms with Crippen molar-refractivity contribution in [2.45, 2.75) is 25.7 Å². The van der Waals surface area contributed by atoms with Crippen LogP contribution in [-0.4, -0.2) is 41.3 Å². The lowest BCUT2D eigenvalue weighted by Gasteiger charge is -2.20. The summed E-state index contributed by atoms with van der Waals surface area (Å²) in [6, 6.07) is 3.67. The van der Waals surface area contributed by atoms with Gasteiger partial charge < -0.3 is 10.2 Å². The Labute approximate surface area is 125 Å². The number of carbonyl (C=O) groups is 2. The summed E-state index contributed by atoms with van der Waals surface area (Å²) >= 11 is 0. The van der Waals surface area contributed by atoms with E-state index in [1.54, 1.807) is 24.5 Å². The number of nitrogens with one attached hydrogen (secondary N) is 1. The van der Waals surface area contributed by atoms with Crippen LogP contribution in [-0.2, 0) is 9.59 Å². The molecule has 0 unspecified atom stereocenters. The molecule has 0 bridgehead atoms. The van der Waals surface area contributed by atoms with Crippen LogP contribution in [0.15, 0.2) is 30.6 Å². The van der Waals surface area contributed by atoms with Gasteiger partial charge in [0.25, 0.3) is 0 Å². The molecule has 2 amide bonds. The minimum atomic E-state index is -0.262. The molecule has 0 aromatic carbocycles. The summed E-state index contributed by atoms with van der Waals surface area (Å²) in [6.07, 6.45) is 10.9. The van der Waals surface area contributed by atoms with E-state index in [2.05, 4.69) is 10.3 Å². The van der Waals surface area contributed by atoms with Gasteiger partial charge in [0.2, 0.25) is 11.8 Å². The van der Waals surface area contributed by atoms with Crippen molar-refractivity contribution in [3.63, 3.8) is 0 Å². The van der Waals surface area contributed by atoms with Crippen LogP contribution in [0.4, 0.5) is 0 Å². The molecule has 0 aliphatic carbocycles. The highest BCUT2D eigenvalue weighted by molar-refractivity contribution is 5.94. The number of aromatic nitrogens is 1. The van der Waals surface area contributed by atoms with Gasteiger partial charge in [-0.05, 0) is 30.5 Å². The van der Waals surface area contributed by atoms with Crippen molar-refractivity contribution in [2.24, 2.45) is 0 Å². The smallest absolute Gasteiger partial charge is 0.244 e. The molecule has 1 N–H and O–H groups in total. The summed E-state index contributed by atoms with van der Waals surface area (Å²) in [4.78, 5) is 29.5. The minimum Gasteiger partial charge on any atom is -0.343 e. The molecule has 1 aromatic rings. The van der Waals surface area contributed by atoms with E-state index < -0.39 is 0 Å². The number of amides is 2. The second kappa shape index (κ2) is 8.19. The molecule has 1 aliphatic heterocycles. The molecule has 2 rings (SSSR count). The summed E-state index contributed by atoms with van der Waals surface area (Å²) in [5.74, 6) is -0.262. The average molecular weight is 287 g/mol. The molecule has 2 heterocycles. The van der Waals surface area contributed by atoms with Crippen LogP contribution in [0.1, 0.15) is 31.2 Å². The van der Waals surface area contributed by atoms with Gasteiger partial charge >= 0.3 is 0 Å². The lowest BCUT2D eigenvalue weighted by molar-refractivity contribution is -0.132. The molecule has 0 spiro atoms. The zero-order valence-corrected chi connectivity index (χ0v) is 12.1. The van der Waals surface area contributed by atoms with E-state index in [-0.39, 0.29) is 18.4 Å². The maximum Gasteiger partial charge on any atom is 0.244 e. The molecular weight excluding hydrogens is 266 g/mol. The van der Waals surface area contributed by atoms with Crippen LogP contribution in [0.3, 0.4) is 0 Å². The number of nitrogens with zero attached hydrogens (tertiary/aromatic N) is 2. The van der Waals surface area contributed by atoms with Gasteiger partial charge in [0.15, 0.2) is 0 Å². The van der Waals surface area contributed by atoms with Crippen LogP contribution < -0.4 is 5.32 Å². The number of pyridine rings is 1. The molecule has 0 saturated carbocycles. The second-order valence-corrected chi connectivity index (χ2v) is 5.13. The van der Waals surface area contributed by atoms with E-state index in [4.69, 9.17) is 0 Å². The van der Waals surface area contributed by atoms with Crippen LogP contribution in [0, 0.1) is 0 Å². The molecule has 1 aromatic heterocycles. The fourth-order valence-corrected chi connectivity index (χ4v) is 2.30. The summed E-state index contributed by atoms with van der Waals surface area (Å²) in [7, 11) is 0. The molecule has 5 heteroatoms. The highest BCUT2D eigenvalue weighted by Crippen LogP contribution is 2.09. The molecule has 21 heavy (non-hydrogen) atoms. The first-order valence-electron chi connectivity index (χ1n) is 7.39. The van der Waals surface area contributed by atoms with Crippen LogP contribution in [0.5, 0.6) is 0 Å². The van der Waals surface area contributed by atoms with E-state index in [0.29, 0.717) is 0 Å². The molecule has 0 radical (unpaired) electrons. The van der Waals surface area contributed by atoms with E-state index in [0.717, 1.165) is 31.5 Å². The van der Waals surface area contributed by atoms with Gasteiger partial charge in [0.05, 0.1) is 6.54 Å². The van der Waals surface area contributed by atoms with Crippen molar-refractivity contribution < 1.29 is 9.59 Å². The van der Waals surface area contributed by atoms with Gasteiger partial charge in [0.1, 0.15) is 0 Å². The normalized spacial score (nSPS) is 15.7. The van der Waals surface area contributed by atoms with Crippen molar-refractivity contribution in [1.82, 2.24) is 15.2 Å². The number of likely N-dealkylation sites (tertiary alicyclic amines) is 1. The first-order valence-corrected chi connectivity index (χ1v) is 7.39. The fourth-order valence-electron chi connectivity index (χ4n) is 2.30. The molecule has 0 atom stereocenters. The first-order chi connectivity index (χ1) is 10.3. The van der Waals surface area contributed by atoms with Gasteiger partial charge in [-0.25, -0.2) is 0 Å². The molecule has 5 nitrogen and oxygen atoms in total. The van der Waals surface area contributed by atoms with Gasteiger partial charge in [-0.15, -0.1) is 0 Å². The van der Waals surface area contributed by atoms with E-state index in [9.17, 15) is 9.59 Å². The Morgan fingerprint density at radius 3 is 2.67 bits per heavy atom. The van der Waals surface area contributed by atoms with E-state index in [1.165, 1.54) is 18.9 Å². The zero-order valence-electron chi connectivity index (χ0n) is 12.1. The average Bonchev–Trinajstić information content (AvgIpc) is 2.81. The lowest BCUT2D eigenvalue weighted by Crippen LogP contribution is -2.40. The summed E-state index contributed by atoms with van der Waals surface area (Å²) in [5.41, 5.74) is 0.853. The molecular formula is C16H21N3O2. The molecule has 1 aliphatic rings. The minimum absolute atomic E-state index is 0.0000257. The highest BCUT2D eigenvalue weighted by atomic mass is 16.2. The van der Waals surface area contributed by atoms with Gasteiger partial charge in [-0.2, -0.15) is 0 Å².